The van der Waals surface area contributed by atoms with Crippen molar-refractivity contribution in [3.8, 4) is 6.07 Å². The molecule has 2 fully saturated rings. The van der Waals surface area contributed by atoms with Crippen molar-refractivity contribution in [1.29, 1.82) is 5.26 Å². The van der Waals surface area contributed by atoms with Crippen molar-refractivity contribution < 1.29 is 14.2 Å². The van der Waals surface area contributed by atoms with E-state index in [2.05, 4.69) is 21.0 Å². The summed E-state index contributed by atoms with van der Waals surface area (Å²) in [5, 5.41) is 9.54. The number of nitrogens with zero attached hydrogens (tertiary/aromatic N) is 5. The van der Waals surface area contributed by atoms with Gasteiger partial charge in [0.2, 0.25) is 0 Å². The van der Waals surface area contributed by atoms with Crippen LogP contribution in [0.1, 0.15) is 20.1 Å². The molecule has 0 amide bonds. The van der Waals surface area contributed by atoms with E-state index in [1.54, 1.807) is 10.9 Å². The van der Waals surface area contributed by atoms with Gasteiger partial charge in [-0.05, 0) is 13.8 Å². The van der Waals surface area contributed by atoms with Gasteiger partial charge in [-0.2, -0.15) is 5.26 Å². The molecule has 22 heavy (non-hydrogen) atoms. The molecule has 0 radical (unpaired) electrons. The standard InChI is InChI=1S/C13H12ClN5O3/c1-13(2)21-8-6(3-15)20-12(9(8)22-13)19-5-18-7-10(14)16-4-17-11(7)19/h4-6,8-9,12H,1-2H3/t6-,8+,9?,12-/m1/s1. The first-order valence-corrected chi connectivity index (χ1v) is 7.12. The van der Waals surface area contributed by atoms with Gasteiger partial charge in [0.15, 0.2) is 28.9 Å². The third kappa shape index (κ3) is 1.90. The second kappa shape index (κ2) is 4.60. The Morgan fingerprint density at radius 3 is 2.82 bits per heavy atom. The Morgan fingerprint density at radius 2 is 2.05 bits per heavy atom. The minimum Gasteiger partial charge on any atom is -0.341 e. The van der Waals surface area contributed by atoms with Gasteiger partial charge in [0, 0.05) is 0 Å². The molecule has 2 aliphatic heterocycles. The number of nitriles is 1. The summed E-state index contributed by atoms with van der Waals surface area (Å²) in [6.45, 7) is 3.61. The molecule has 8 nitrogen and oxygen atoms in total. The molecule has 0 spiro atoms. The number of halogens is 1. The van der Waals surface area contributed by atoms with Crippen LogP contribution in [0.2, 0.25) is 5.15 Å². The largest absolute Gasteiger partial charge is 0.341 e. The number of hydrogen-bond acceptors (Lipinski definition) is 7. The maximum absolute atomic E-state index is 9.27. The lowest BCUT2D eigenvalue weighted by atomic mass is 10.1. The molecule has 1 unspecified atom stereocenters. The van der Waals surface area contributed by atoms with Gasteiger partial charge in [0.1, 0.15) is 24.1 Å². The Bertz CT molecular complexity index is 786. The number of fused-ring (bicyclic) bond motifs is 2. The summed E-state index contributed by atoms with van der Waals surface area (Å²) >= 11 is 6.01. The molecule has 2 aromatic rings. The normalized spacial score (nSPS) is 33.0. The molecule has 0 saturated carbocycles. The third-order valence-corrected chi connectivity index (χ3v) is 4.02. The highest BCUT2D eigenvalue weighted by Gasteiger charge is 2.56. The van der Waals surface area contributed by atoms with Crippen LogP contribution in [-0.4, -0.2) is 43.6 Å². The summed E-state index contributed by atoms with van der Waals surface area (Å²) in [7, 11) is 0. The van der Waals surface area contributed by atoms with Crippen LogP contribution in [0.15, 0.2) is 12.7 Å². The predicted molar refractivity (Wildman–Crippen MR) is 73.7 cm³/mol. The molecule has 4 atom stereocenters. The first-order chi connectivity index (χ1) is 10.5. The Kier molecular flexibility index (Phi) is 2.90. The predicted octanol–water partition coefficient (Wildman–Crippen LogP) is 1.42. The van der Waals surface area contributed by atoms with Gasteiger partial charge in [-0.3, -0.25) is 4.57 Å². The number of imidazole rings is 1. The van der Waals surface area contributed by atoms with Gasteiger partial charge in [-0.25, -0.2) is 15.0 Å². The second-order valence-electron chi connectivity index (χ2n) is 5.63. The summed E-state index contributed by atoms with van der Waals surface area (Å²) in [5.41, 5.74) is 0.999. The van der Waals surface area contributed by atoms with Crippen molar-refractivity contribution in [1.82, 2.24) is 19.5 Å². The summed E-state index contributed by atoms with van der Waals surface area (Å²) in [6, 6.07) is 2.10. The fourth-order valence-corrected chi connectivity index (χ4v) is 3.09. The van der Waals surface area contributed by atoms with E-state index >= 15 is 0 Å². The van der Waals surface area contributed by atoms with Crippen molar-refractivity contribution >= 4 is 22.8 Å². The lowest BCUT2D eigenvalue weighted by Gasteiger charge is -2.23. The maximum atomic E-state index is 9.27. The van der Waals surface area contributed by atoms with Crippen LogP contribution in [0.5, 0.6) is 0 Å². The molecule has 4 heterocycles. The van der Waals surface area contributed by atoms with E-state index in [0.29, 0.717) is 11.2 Å². The molecular formula is C13H12ClN5O3. The van der Waals surface area contributed by atoms with E-state index < -0.39 is 30.3 Å². The lowest BCUT2D eigenvalue weighted by Crippen LogP contribution is -2.28. The zero-order valence-electron chi connectivity index (χ0n) is 11.8. The maximum Gasteiger partial charge on any atom is 0.175 e. The van der Waals surface area contributed by atoms with Crippen LogP contribution < -0.4 is 0 Å². The Balaban J connectivity index is 1.79. The summed E-state index contributed by atoms with van der Waals surface area (Å²) < 4.78 is 19.1. The van der Waals surface area contributed by atoms with Gasteiger partial charge in [-0.1, -0.05) is 11.6 Å². The number of aromatic nitrogens is 4. The minimum atomic E-state index is -0.768. The quantitative estimate of drug-likeness (QED) is 0.733. The van der Waals surface area contributed by atoms with Crippen LogP contribution in [-0.2, 0) is 14.2 Å². The van der Waals surface area contributed by atoms with Crippen molar-refractivity contribution in [2.75, 3.05) is 0 Å². The fraction of sp³-hybridized carbons (Fsp3) is 0.538. The SMILES string of the molecule is CC1(C)OC2[C@@H](O1)[C@@H](C#N)O[C@H]2n1cnc2c(Cl)ncnc21. The van der Waals surface area contributed by atoms with E-state index in [4.69, 9.17) is 25.8 Å². The highest BCUT2D eigenvalue weighted by atomic mass is 35.5. The summed E-state index contributed by atoms with van der Waals surface area (Å²) in [5.74, 6) is -0.768. The molecule has 4 rings (SSSR count). The molecule has 0 aliphatic carbocycles. The minimum absolute atomic E-state index is 0.263. The highest BCUT2D eigenvalue weighted by molar-refractivity contribution is 6.33. The molecular weight excluding hydrogens is 310 g/mol. The van der Waals surface area contributed by atoms with Gasteiger partial charge < -0.3 is 14.2 Å². The molecule has 9 heteroatoms. The Labute approximate surface area is 130 Å². The van der Waals surface area contributed by atoms with Gasteiger partial charge >= 0.3 is 0 Å². The third-order valence-electron chi connectivity index (χ3n) is 3.74. The van der Waals surface area contributed by atoms with Crippen LogP contribution >= 0.6 is 11.6 Å². The first kappa shape index (κ1) is 13.8. The Hall–Kier alpha value is -1.79. The van der Waals surface area contributed by atoms with Crippen LogP contribution in [0.4, 0.5) is 0 Å². The summed E-state index contributed by atoms with van der Waals surface area (Å²) in [4.78, 5) is 12.3. The van der Waals surface area contributed by atoms with E-state index in [9.17, 15) is 5.26 Å². The fourth-order valence-electron chi connectivity index (χ4n) is 2.91. The number of rotatable bonds is 1. The topological polar surface area (TPSA) is 95.1 Å². The zero-order valence-corrected chi connectivity index (χ0v) is 12.6. The highest BCUT2D eigenvalue weighted by Crippen LogP contribution is 2.43. The van der Waals surface area contributed by atoms with E-state index in [-0.39, 0.29) is 5.15 Å². The molecule has 114 valence electrons. The second-order valence-corrected chi connectivity index (χ2v) is 5.99. The van der Waals surface area contributed by atoms with Crippen molar-refractivity contribution in [3.05, 3.63) is 17.8 Å². The Morgan fingerprint density at radius 1 is 1.27 bits per heavy atom. The van der Waals surface area contributed by atoms with Gasteiger partial charge in [0.25, 0.3) is 0 Å². The smallest absolute Gasteiger partial charge is 0.175 e. The average molecular weight is 322 g/mol. The van der Waals surface area contributed by atoms with Crippen molar-refractivity contribution in [2.24, 2.45) is 0 Å². The van der Waals surface area contributed by atoms with E-state index in [0.717, 1.165) is 0 Å². The molecule has 2 saturated heterocycles. The average Bonchev–Trinajstić information content (AvgIpc) is 3.10. The van der Waals surface area contributed by atoms with E-state index in [1.807, 2.05) is 13.8 Å². The molecule has 0 N–H and O–H groups in total. The van der Waals surface area contributed by atoms with Gasteiger partial charge in [0.05, 0.1) is 12.4 Å². The number of ether oxygens (including phenoxy) is 3. The first-order valence-electron chi connectivity index (χ1n) is 6.74. The lowest BCUT2D eigenvalue weighted by molar-refractivity contribution is -0.190. The molecule has 0 aromatic carbocycles. The number of hydrogen-bond donors (Lipinski definition) is 0. The summed E-state index contributed by atoms with van der Waals surface area (Å²) in [6.07, 6.45) is 0.749. The van der Waals surface area contributed by atoms with E-state index in [1.165, 1.54) is 6.33 Å². The molecule has 2 aliphatic rings. The van der Waals surface area contributed by atoms with Gasteiger partial charge in [-0.15, -0.1) is 0 Å². The molecule has 0 bridgehead atoms. The van der Waals surface area contributed by atoms with Crippen molar-refractivity contribution in [3.63, 3.8) is 0 Å². The van der Waals surface area contributed by atoms with Crippen LogP contribution in [0, 0.1) is 11.3 Å². The monoisotopic (exact) mass is 321 g/mol. The van der Waals surface area contributed by atoms with Crippen LogP contribution in [0.3, 0.4) is 0 Å². The van der Waals surface area contributed by atoms with Crippen molar-refractivity contribution in [2.45, 2.75) is 44.2 Å². The zero-order chi connectivity index (χ0) is 15.5. The molecule has 2 aromatic heterocycles. The van der Waals surface area contributed by atoms with Crippen LogP contribution in [0.25, 0.3) is 11.2 Å².